The van der Waals surface area contributed by atoms with Crippen LogP contribution in [0.3, 0.4) is 0 Å². The summed E-state index contributed by atoms with van der Waals surface area (Å²) < 4.78 is 5.18. The highest BCUT2D eigenvalue weighted by Crippen LogP contribution is 1.95. The summed E-state index contributed by atoms with van der Waals surface area (Å²) >= 11 is 0. The lowest BCUT2D eigenvalue weighted by atomic mass is 10.1. The van der Waals surface area contributed by atoms with E-state index in [1.807, 2.05) is 6.92 Å². The van der Waals surface area contributed by atoms with Crippen LogP contribution in [0, 0.1) is 0 Å². The van der Waals surface area contributed by atoms with Crippen LogP contribution in [0.5, 0.6) is 0 Å². The van der Waals surface area contributed by atoms with Gasteiger partial charge in [0.2, 0.25) is 0 Å². The predicted molar refractivity (Wildman–Crippen MR) is 50.3 cm³/mol. The maximum Gasteiger partial charge on any atom is 0.0590 e. The Hall–Kier alpha value is -0.120. The molecule has 1 atom stereocenters. The highest BCUT2D eigenvalue weighted by atomic mass is 16.5. The van der Waals surface area contributed by atoms with E-state index in [9.17, 15) is 0 Å². The average molecular weight is 175 g/mol. The molecule has 0 saturated heterocycles. The summed E-state index contributed by atoms with van der Waals surface area (Å²) in [5.74, 6) is 0. The van der Waals surface area contributed by atoms with Crippen LogP contribution in [0.2, 0.25) is 0 Å². The first kappa shape index (κ1) is 11.9. The zero-order valence-electron chi connectivity index (χ0n) is 8.18. The summed E-state index contributed by atoms with van der Waals surface area (Å²) in [6, 6.07) is 0.440. The van der Waals surface area contributed by atoms with E-state index < -0.39 is 0 Å². The molecule has 0 aliphatic rings. The first-order valence-corrected chi connectivity index (χ1v) is 4.77. The van der Waals surface area contributed by atoms with Crippen molar-refractivity contribution in [3.05, 3.63) is 0 Å². The van der Waals surface area contributed by atoms with Crippen molar-refractivity contribution in [1.29, 1.82) is 0 Å². The van der Waals surface area contributed by atoms with E-state index in [-0.39, 0.29) is 6.61 Å². The zero-order chi connectivity index (χ0) is 9.23. The van der Waals surface area contributed by atoms with Gasteiger partial charge in [-0.2, -0.15) is 0 Å². The van der Waals surface area contributed by atoms with Gasteiger partial charge in [-0.1, -0.05) is 6.92 Å². The van der Waals surface area contributed by atoms with Gasteiger partial charge in [-0.15, -0.1) is 0 Å². The molecule has 2 N–H and O–H groups in total. The second-order valence-corrected chi connectivity index (χ2v) is 2.77. The molecule has 74 valence electrons. The van der Waals surface area contributed by atoms with E-state index in [1.165, 1.54) is 0 Å². The molecule has 3 nitrogen and oxygen atoms in total. The van der Waals surface area contributed by atoms with E-state index in [0.717, 1.165) is 32.6 Å². The summed E-state index contributed by atoms with van der Waals surface area (Å²) in [7, 11) is 0. The SMILES string of the molecule is CCOCCNC(CC)CCO. The van der Waals surface area contributed by atoms with Gasteiger partial charge in [-0.05, 0) is 19.8 Å². The molecule has 0 aliphatic carbocycles. The summed E-state index contributed by atoms with van der Waals surface area (Å²) in [6.07, 6.45) is 1.90. The lowest BCUT2D eigenvalue weighted by molar-refractivity contribution is 0.144. The molecule has 0 fully saturated rings. The van der Waals surface area contributed by atoms with E-state index in [4.69, 9.17) is 9.84 Å². The lowest BCUT2D eigenvalue weighted by Gasteiger charge is -2.15. The minimum atomic E-state index is 0.264. The fourth-order valence-corrected chi connectivity index (χ4v) is 1.09. The first-order chi connectivity index (χ1) is 5.85. The summed E-state index contributed by atoms with van der Waals surface area (Å²) in [5, 5.41) is 12.0. The second kappa shape index (κ2) is 8.97. The molecule has 0 amide bonds. The monoisotopic (exact) mass is 175 g/mol. The van der Waals surface area contributed by atoms with Gasteiger partial charge in [0.05, 0.1) is 6.61 Å². The van der Waals surface area contributed by atoms with Crippen LogP contribution in [-0.4, -0.2) is 37.5 Å². The number of rotatable bonds is 8. The van der Waals surface area contributed by atoms with Crippen molar-refractivity contribution in [3.63, 3.8) is 0 Å². The third kappa shape index (κ3) is 6.58. The van der Waals surface area contributed by atoms with Crippen LogP contribution in [0.1, 0.15) is 26.7 Å². The van der Waals surface area contributed by atoms with Crippen LogP contribution in [-0.2, 0) is 4.74 Å². The third-order valence-electron chi connectivity index (χ3n) is 1.85. The predicted octanol–water partition coefficient (Wildman–Crippen LogP) is 0.773. The van der Waals surface area contributed by atoms with Crippen molar-refractivity contribution in [2.24, 2.45) is 0 Å². The van der Waals surface area contributed by atoms with Crippen molar-refractivity contribution in [1.82, 2.24) is 5.32 Å². The largest absolute Gasteiger partial charge is 0.396 e. The molecule has 0 spiro atoms. The highest BCUT2D eigenvalue weighted by Gasteiger charge is 2.02. The number of hydrogen-bond donors (Lipinski definition) is 2. The second-order valence-electron chi connectivity index (χ2n) is 2.77. The Labute approximate surface area is 75.1 Å². The first-order valence-electron chi connectivity index (χ1n) is 4.77. The number of nitrogens with one attached hydrogen (secondary N) is 1. The van der Waals surface area contributed by atoms with Crippen molar-refractivity contribution in [2.45, 2.75) is 32.7 Å². The van der Waals surface area contributed by atoms with Crippen LogP contribution in [0.15, 0.2) is 0 Å². The van der Waals surface area contributed by atoms with Gasteiger partial charge in [0, 0.05) is 25.8 Å². The molecular formula is C9H21NO2. The smallest absolute Gasteiger partial charge is 0.0590 e. The minimum Gasteiger partial charge on any atom is -0.396 e. The zero-order valence-corrected chi connectivity index (χ0v) is 8.18. The van der Waals surface area contributed by atoms with Crippen molar-refractivity contribution < 1.29 is 9.84 Å². The minimum absolute atomic E-state index is 0.264. The average Bonchev–Trinajstić information content (AvgIpc) is 2.10. The summed E-state index contributed by atoms with van der Waals surface area (Å²) in [4.78, 5) is 0. The van der Waals surface area contributed by atoms with Gasteiger partial charge < -0.3 is 15.2 Å². The Morgan fingerprint density at radius 1 is 1.42 bits per heavy atom. The fourth-order valence-electron chi connectivity index (χ4n) is 1.09. The molecule has 1 unspecified atom stereocenters. The summed E-state index contributed by atoms with van der Waals surface area (Å²) in [5.41, 5.74) is 0. The van der Waals surface area contributed by atoms with Gasteiger partial charge in [0.15, 0.2) is 0 Å². The Kier molecular flexibility index (Phi) is 8.88. The topological polar surface area (TPSA) is 41.5 Å². The van der Waals surface area contributed by atoms with E-state index in [0.29, 0.717) is 6.04 Å². The Bertz CT molecular complexity index is 88.6. The van der Waals surface area contributed by atoms with E-state index >= 15 is 0 Å². The third-order valence-corrected chi connectivity index (χ3v) is 1.85. The lowest BCUT2D eigenvalue weighted by Crippen LogP contribution is -2.32. The van der Waals surface area contributed by atoms with E-state index in [1.54, 1.807) is 0 Å². The normalized spacial score (nSPS) is 13.2. The van der Waals surface area contributed by atoms with E-state index in [2.05, 4.69) is 12.2 Å². The van der Waals surface area contributed by atoms with Crippen LogP contribution >= 0.6 is 0 Å². The molecule has 0 rings (SSSR count). The number of hydrogen-bond acceptors (Lipinski definition) is 3. The summed E-state index contributed by atoms with van der Waals surface area (Å²) in [6.45, 7) is 6.79. The highest BCUT2D eigenvalue weighted by molar-refractivity contribution is 4.63. The number of ether oxygens (including phenoxy) is 1. The molecule has 0 radical (unpaired) electrons. The molecule has 12 heavy (non-hydrogen) atoms. The number of aliphatic hydroxyl groups excluding tert-OH is 1. The Morgan fingerprint density at radius 2 is 2.17 bits per heavy atom. The molecular weight excluding hydrogens is 154 g/mol. The molecule has 0 aliphatic heterocycles. The quantitative estimate of drug-likeness (QED) is 0.535. The molecule has 0 bridgehead atoms. The Morgan fingerprint density at radius 3 is 2.67 bits per heavy atom. The maximum atomic E-state index is 8.70. The van der Waals surface area contributed by atoms with Crippen molar-refractivity contribution in [3.8, 4) is 0 Å². The number of aliphatic hydroxyl groups is 1. The Balaban J connectivity index is 3.19. The fraction of sp³-hybridized carbons (Fsp3) is 1.00. The van der Waals surface area contributed by atoms with Gasteiger partial charge in [-0.3, -0.25) is 0 Å². The van der Waals surface area contributed by atoms with Crippen LogP contribution in [0.25, 0.3) is 0 Å². The molecule has 3 heteroatoms. The van der Waals surface area contributed by atoms with Crippen molar-refractivity contribution >= 4 is 0 Å². The van der Waals surface area contributed by atoms with Gasteiger partial charge >= 0.3 is 0 Å². The maximum absolute atomic E-state index is 8.70. The molecule has 0 aromatic carbocycles. The van der Waals surface area contributed by atoms with Gasteiger partial charge in [-0.25, -0.2) is 0 Å². The van der Waals surface area contributed by atoms with Crippen LogP contribution in [0.4, 0.5) is 0 Å². The van der Waals surface area contributed by atoms with Gasteiger partial charge in [0.25, 0.3) is 0 Å². The standard InChI is InChI=1S/C9H21NO2/c1-3-9(5-7-11)10-6-8-12-4-2/h9-11H,3-8H2,1-2H3. The van der Waals surface area contributed by atoms with Gasteiger partial charge in [0.1, 0.15) is 0 Å². The van der Waals surface area contributed by atoms with Crippen LogP contribution < -0.4 is 5.32 Å². The van der Waals surface area contributed by atoms with Crippen molar-refractivity contribution in [2.75, 3.05) is 26.4 Å². The molecule has 0 aromatic heterocycles. The molecule has 0 aromatic rings. The molecule has 0 heterocycles. The molecule has 0 saturated carbocycles.